The second kappa shape index (κ2) is 8.87. The second-order valence-electron chi connectivity index (χ2n) is 6.92. The Hall–Kier alpha value is -3.19. The van der Waals surface area contributed by atoms with E-state index in [-0.39, 0.29) is 15.8 Å². The summed E-state index contributed by atoms with van der Waals surface area (Å²) < 4.78 is 25.6. The van der Waals surface area contributed by atoms with Gasteiger partial charge in [0.2, 0.25) is 9.84 Å². The van der Waals surface area contributed by atoms with Gasteiger partial charge in [-0.05, 0) is 59.5 Å². The lowest BCUT2D eigenvalue weighted by Crippen LogP contribution is -2.28. The summed E-state index contributed by atoms with van der Waals surface area (Å²) in [4.78, 5) is 16.4. The molecule has 6 nitrogen and oxygen atoms in total. The van der Waals surface area contributed by atoms with Crippen LogP contribution >= 0.6 is 0 Å². The number of amides is 2. The van der Waals surface area contributed by atoms with E-state index in [9.17, 15) is 13.2 Å². The van der Waals surface area contributed by atoms with Gasteiger partial charge in [-0.15, -0.1) is 0 Å². The van der Waals surface area contributed by atoms with E-state index >= 15 is 0 Å². The number of aromatic nitrogens is 1. The molecule has 2 N–H and O–H groups in total. The summed E-state index contributed by atoms with van der Waals surface area (Å²) in [6.45, 7) is 4.46. The molecule has 29 heavy (non-hydrogen) atoms. The van der Waals surface area contributed by atoms with Crippen molar-refractivity contribution in [2.45, 2.75) is 36.1 Å². The zero-order chi connectivity index (χ0) is 20.9. The minimum atomic E-state index is -3.61. The van der Waals surface area contributed by atoms with Crippen LogP contribution in [0.25, 0.3) is 0 Å². The minimum absolute atomic E-state index is 0.177. The fourth-order valence-electron chi connectivity index (χ4n) is 2.75. The molecule has 1 aromatic heterocycles. The molecule has 0 aliphatic heterocycles. The lowest BCUT2D eigenvalue weighted by Gasteiger charge is -2.10. The molecular weight excluding hydrogens is 386 g/mol. The van der Waals surface area contributed by atoms with Gasteiger partial charge in [0.05, 0.1) is 9.79 Å². The number of nitrogens with zero attached hydrogens (tertiary/aromatic N) is 1. The van der Waals surface area contributed by atoms with Crippen LogP contribution in [-0.2, 0) is 16.4 Å². The van der Waals surface area contributed by atoms with Crippen molar-refractivity contribution in [2.75, 3.05) is 5.32 Å². The molecule has 2 amide bonds. The molecule has 0 aliphatic carbocycles. The van der Waals surface area contributed by atoms with Gasteiger partial charge >= 0.3 is 6.03 Å². The molecule has 0 unspecified atom stereocenters. The highest BCUT2D eigenvalue weighted by atomic mass is 32.2. The van der Waals surface area contributed by atoms with Crippen molar-refractivity contribution in [3.63, 3.8) is 0 Å². The van der Waals surface area contributed by atoms with E-state index in [0.29, 0.717) is 18.2 Å². The average molecular weight is 410 g/mol. The Morgan fingerprint density at radius 3 is 2.14 bits per heavy atom. The summed E-state index contributed by atoms with van der Waals surface area (Å²) >= 11 is 0. The van der Waals surface area contributed by atoms with Crippen molar-refractivity contribution in [3.05, 3.63) is 84.2 Å². The largest absolute Gasteiger partial charge is 0.334 e. The molecule has 0 aliphatic rings. The van der Waals surface area contributed by atoms with Crippen LogP contribution in [0.2, 0.25) is 0 Å². The monoisotopic (exact) mass is 409 g/mol. The second-order valence-corrected chi connectivity index (χ2v) is 8.87. The number of anilines is 1. The van der Waals surface area contributed by atoms with Gasteiger partial charge in [-0.1, -0.05) is 32.0 Å². The molecule has 0 saturated carbocycles. The number of urea groups is 1. The van der Waals surface area contributed by atoms with E-state index in [2.05, 4.69) is 29.5 Å². The number of nitrogens with one attached hydrogen (secondary N) is 2. The fourth-order valence-corrected chi connectivity index (χ4v) is 4.01. The number of hydrogen-bond donors (Lipinski definition) is 2. The third-order valence-electron chi connectivity index (χ3n) is 4.46. The van der Waals surface area contributed by atoms with Gasteiger partial charge in [-0.3, -0.25) is 4.98 Å². The molecule has 0 atom stereocenters. The Bertz CT molecular complexity index is 1060. The first kappa shape index (κ1) is 20.5. The number of rotatable bonds is 6. The maximum Gasteiger partial charge on any atom is 0.319 e. The van der Waals surface area contributed by atoms with E-state index in [1.54, 1.807) is 42.7 Å². The van der Waals surface area contributed by atoms with Crippen LogP contribution in [0, 0.1) is 0 Å². The third-order valence-corrected chi connectivity index (χ3v) is 6.24. The zero-order valence-corrected chi connectivity index (χ0v) is 17.1. The molecule has 2 aromatic carbocycles. The molecule has 0 saturated heterocycles. The van der Waals surface area contributed by atoms with Gasteiger partial charge in [0, 0.05) is 24.6 Å². The van der Waals surface area contributed by atoms with Crippen LogP contribution in [0.3, 0.4) is 0 Å². The van der Waals surface area contributed by atoms with Gasteiger partial charge in [0.15, 0.2) is 0 Å². The summed E-state index contributed by atoms with van der Waals surface area (Å²) in [5.41, 5.74) is 2.47. The molecule has 0 bridgehead atoms. The van der Waals surface area contributed by atoms with Gasteiger partial charge in [0.25, 0.3) is 0 Å². The van der Waals surface area contributed by atoms with Crippen molar-refractivity contribution in [2.24, 2.45) is 0 Å². The molecule has 0 spiro atoms. The minimum Gasteiger partial charge on any atom is -0.334 e. The van der Waals surface area contributed by atoms with Crippen LogP contribution in [0.15, 0.2) is 82.8 Å². The number of carbonyl (C=O) groups is 1. The Morgan fingerprint density at radius 1 is 0.966 bits per heavy atom. The van der Waals surface area contributed by atoms with E-state index in [1.807, 2.05) is 18.2 Å². The maximum atomic E-state index is 12.8. The van der Waals surface area contributed by atoms with Crippen molar-refractivity contribution < 1.29 is 13.2 Å². The lowest BCUT2D eigenvalue weighted by molar-refractivity contribution is 0.251. The predicted octanol–water partition coefficient (Wildman–Crippen LogP) is 4.36. The van der Waals surface area contributed by atoms with Crippen molar-refractivity contribution in [1.29, 1.82) is 0 Å². The summed E-state index contributed by atoms with van der Waals surface area (Å²) in [6.07, 6.45) is 3.34. The van der Waals surface area contributed by atoms with Crippen LogP contribution in [0.4, 0.5) is 10.5 Å². The molecule has 0 radical (unpaired) electrons. The standard InChI is InChI=1S/C22H23N3O3S/c1-16(2)18-5-9-20(10-6-18)29(27,28)21-11-7-19(8-12-21)25-22(26)24-15-17-4-3-13-23-14-17/h3-14,16H,15H2,1-2H3,(H2,24,25,26). The Labute approximate surface area is 170 Å². The first-order valence-corrected chi connectivity index (χ1v) is 10.7. The summed E-state index contributed by atoms with van der Waals surface area (Å²) in [6, 6.07) is 16.3. The lowest BCUT2D eigenvalue weighted by atomic mass is 10.0. The van der Waals surface area contributed by atoms with Gasteiger partial charge in [-0.2, -0.15) is 0 Å². The fraction of sp³-hybridized carbons (Fsp3) is 0.182. The van der Waals surface area contributed by atoms with Crippen LogP contribution in [0.5, 0.6) is 0 Å². The quantitative estimate of drug-likeness (QED) is 0.633. The number of pyridine rings is 1. The van der Waals surface area contributed by atoms with E-state index in [1.165, 1.54) is 12.1 Å². The molecular formula is C22H23N3O3S. The van der Waals surface area contributed by atoms with E-state index < -0.39 is 9.84 Å². The van der Waals surface area contributed by atoms with Gasteiger partial charge in [-0.25, -0.2) is 13.2 Å². The Kier molecular flexibility index (Phi) is 6.29. The number of sulfone groups is 1. The molecule has 150 valence electrons. The first-order chi connectivity index (χ1) is 13.9. The number of carbonyl (C=O) groups excluding carboxylic acids is 1. The predicted molar refractivity (Wildman–Crippen MR) is 113 cm³/mol. The van der Waals surface area contributed by atoms with Crippen molar-refractivity contribution >= 4 is 21.6 Å². The Balaban J connectivity index is 1.65. The first-order valence-electron chi connectivity index (χ1n) is 9.25. The van der Waals surface area contributed by atoms with Crippen molar-refractivity contribution in [1.82, 2.24) is 10.3 Å². The highest BCUT2D eigenvalue weighted by Crippen LogP contribution is 2.24. The molecule has 3 aromatic rings. The van der Waals surface area contributed by atoms with Crippen LogP contribution < -0.4 is 10.6 Å². The molecule has 3 rings (SSSR count). The van der Waals surface area contributed by atoms with E-state index in [0.717, 1.165) is 11.1 Å². The molecule has 1 heterocycles. The smallest absolute Gasteiger partial charge is 0.319 e. The number of hydrogen-bond acceptors (Lipinski definition) is 4. The van der Waals surface area contributed by atoms with Gasteiger partial charge < -0.3 is 10.6 Å². The molecule has 7 heteroatoms. The maximum absolute atomic E-state index is 12.8. The topological polar surface area (TPSA) is 88.2 Å². The van der Waals surface area contributed by atoms with Gasteiger partial charge in [0.1, 0.15) is 0 Å². The van der Waals surface area contributed by atoms with Crippen LogP contribution in [-0.4, -0.2) is 19.4 Å². The average Bonchev–Trinajstić information content (AvgIpc) is 2.73. The SMILES string of the molecule is CC(C)c1ccc(S(=O)(=O)c2ccc(NC(=O)NCc3cccnc3)cc2)cc1. The van der Waals surface area contributed by atoms with Crippen LogP contribution in [0.1, 0.15) is 30.9 Å². The normalized spacial score (nSPS) is 11.3. The summed E-state index contributed by atoms with van der Waals surface area (Å²) in [7, 11) is -3.61. The highest BCUT2D eigenvalue weighted by Gasteiger charge is 2.18. The third kappa shape index (κ3) is 5.20. The number of benzene rings is 2. The summed E-state index contributed by atoms with van der Waals surface area (Å²) in [5.74, 6) is 0.335. The van der Waals surface area contributed by atoms with Crippen molar-refractivity contribution in [3.8, 4) is 0 Å². The zero-order valence-electron chi connectivity index (χ0n) is 16.3. The highest BCUT2D eigenvalue weighted by molar-refractivity contribution is 7.91. The van der Waals surface area contributed by atoms with E-state index in [4.69, 9.17) is 0 Å². The molecule has 0 fully saturated rings. The summed E-state index contributed by atoms with van der Waals surface area (Å²) in [5, 5.41) is 5.41. The Morgan fingerprint density at radius 2 is 1.59 bits per heavy atom.